The first-order valence-corrected chi connectivity index (χ1v) is 13.4. The van der Waals surface area contributed by atoms with Crippen molar-refractivity contribution in [3.05, 3.63) is 70.8 Å². The van der Waals surface area contributed by atoms with E-state index >= 15 is 0 Å². The molecule has 2 N–H and O–H groups in total. The lowest BCUT2D eigenvalue weighted by molar-refractivity contribution is -0.00126. The summed E-state index contributed by atoms with van der Waals surface area (Å²) in [7, 11) is 0. The molecule has 3 aliphatic heterocycles. The van der Waals surface area contributed by atoms with Crippen LogP contribution in [0.15, 0.2) is 48.5 Å². The number of piperidine rings is 2. The van der Waals surface area contributed by atoms with Crippen LogP contribution in [0.25, 0.3) is 0 Å². The van der Waals surface area contributed by atoms with Crippen LogP contribution in [-0.4, -0.2) is 82.3 Å². The van der Waals surface area contributed by atoms with Crippen LogP contribution in [0, 0.1) is 11.3 Å². The predicted molar refractivity (Wildman–Crippen MR) is 142 cm³/mol. The summed E-state index contributed by atoms with van der Waals surface area (Å²) in [5.41, 5.74) is 2.81. The molecule has 1 spiro atoms. The summed E-state index contributed by atoms with van der Waals surface area (Å²) in [6.45, 7) is 4.28. The summed E-state index contributed by atoms with van der Waals surface area (Å²) in [5.74, 6) is -0.178. The van der Waals surface area contributed by atoms with E-state index in [1.54, 1.807) is 17.0 Å². The van der Waals surface area contributed by atoms with E-state index in [4.69, 9.17) is 15.1 Å². The Kier molecular flexibility index (Phi) is 7.70. The number of rotatable bonds is 6. The fraction of sp³-hybridized carbons (Fsp3) is 0.448. The fourth-order valence-corrected chi connectivity index (χ4v) is 5.60. The summed E-state index contributed by atoms with van der Waals surface area (Å²) >= 11 is 0. The smallest absolute Gasteiger partial charge is 0.410 e. The molecule has 0 aliphatic carbocycles. The van der Waals surface area contributed by atoms with E-state index in [1.807, 2.05) is 36.4 Å². The largest absolute Gasteiger partial charge is 0.465 e. The van der Waals surface area contributed by atoms with E-state index < -0.39 is 11.7 Å². The average Bonchev–Trinajstić information content (AvgIpc) is 3.25. The number of ether oxygens (including phenoxy) is 1. The van der Waals surface area contributed by atoms with Crippen molar-refractivity contribution in [3.8, 4) is 6.07 Å². The summed E-state index contributed by atoms with van der Waals surface area (Å²) in [6, 6.07) is 17.0. The van der Waals surface area contributed by atoms with Crippen LogP contribution in [0.4, 0.5) is 9.59 Å². The van der Waals surface area contributed by atoms with Gasteiger partial charge in [-0.05, 0) is 48.2 Å². The molecule has 3 amide bonds. The van der Waals surface area contributed by atoms with Gasteiger partial charge < -0.3 is 20.1 Å². The Morgan fingerprint density at radius 2 is 1.59 bits per heavy atom. The van der Waals surface area contributed by atoms with Gasteiger partial charge in [-0.1, -0.05) is 24.3 Å². The first-order chi connectivity index (χ1) is 18.8. The lowest BCUT2D eigenvalue weighted by Gasteiger charge is -2.37. The van der Waals surface area contributed by atoms with Gasteiger partial charge in [-0.2, -0.15) is 5.26 Å². The summed E-state index contributed by atoms with van der Waals surface area (Å²) in [6.07, 6.45) is 1.52. The van der Waals surface area contributed by atoms with E-state index in [9.17, 15) is 14.4 Å². The number of benzene rings is 2. The van der Waals surface area contributed by atoms with Crippen LogP contribution in [0.5, 0.6) is 0 Å². The van der Waals surface area contributed by atoms with Crippen molar-refractivity contribution >= 4 is 18.1 Å². The first-order valence-electron chi connectivity index (χ1n) is 13.4. The number of nitrogens with zero attached hydrogens (tertiary/aromatic N) is 4. The topological polar surface area (TPSA) is 126 Å². The predicted octanol–water partition coefficient (Wildman–Crippen LogP) is 3.42. The highest BCUT2D eigenvalue weighted by atomic mass is 16.6. The molecule has 0 atom stereocenters. The number of nitrogens with one attached hydrogen (secondary N) is 1. The summed E-state index contributed by atoms with van der Waals surface area (Å²) in [5, 5.41) is 21.0. The van der Waals surface area contributed by atoms with Crippen LogP contribution in [0.1, 0.15) is 52.7 Å². The molecule has 0 unspecified atom stereocenters. The van der Waals surface area contributed by atoms with Gasteiger partial charge in [0.1, 0.15) is 5.60 Å². The Bertz CT molecular complexity index is 1240. The zero-order valence-electron chi connectivity index (χ0n) is 21.8. The van der Waals surface area contributed by atoms with Gasteiger partial charge in [0.25, 0.3) is 5.91 Å². The van der Waals surface area contributed by atoms with Gasteiger partial charge in [-0.15, -0.1) is 0 Å². The number of carbonyl (C=O) groups excluding carboxylic acids is 2. The number of nitriles is 1. The second kappa shape index (κ2) is 11.3. The maximum absolute atomic E-state index is 12.7. The first kappa shape index (κ1) is 26.5. The number of hydrogen-bond donors (Lipinski definition) is 2. The van der Waals surface area contributed by atoms with Gasteiger partial charge in [0.2, 0.25) is 0 Å². The van der Waals surface area contributed by atoms with Crippen LogP contribution >= 0.6 is 0 Å². The Morgan fingerprint density at radius 3 is 2.21 bits per heavy atom. The summed E-state index contributed by atoms with van der Waals surface area (Å²) in [4.78, 5) is 41.9. The highest BCUT2D eigenvalue weighted by molar-refractivity contribution is 5.94. The molecule has 3 fully saturated rings. The monoisotopic (exact) mass is 531 g/mol. The minimum Gasteiger partial charge on any atom is -0.465 e. The maximum atomic E-state index is 12.7. The van der Waals surface area contributed by atoms with Gasteiger partial charge >= 0.3 is 12.2 Å². The Hall–Kier alpha value is -4.10. The van der Waals surface area contributed by atoms with Crippen molar-refractivity contribution in [1.82, 2.24) is 20.0 Å². The molecular formula is C29H33N5O5. The van der Waals surface area contributed by atoms with E-state index in [-0.39, 0.29) is 18.0 Å². The van der Waals surface area contributed by atoms with Crippen molar-refractivity contribution in [2.75, 3.05) is 32.7 Å². The van der Waals surface area contributed by atoms with E-state index in [1.165, 1.54) is 4.90 Å². The molecule has 3 heterocycles. The van der Waals surface area contributed by atoms with Gasteiger partial charge in [0, 0.05) is 63.7 Å². The van der Waals surface area contributed by atoms with Crippen LogP contribution in [0.3, 0.4) is 0 Å². The number of carbonyl (C=O) groups is 3. The zero-order valence-corrected chi connectivity index (χ0v) is 21.8. The molecule has 10 nitrogen and oxygen atoms in total. The molecule has 10 heteroatoms. The molecular weight excluding hydrogens is 498 g/mol. The number of hydrogen-bond acceptors (Lipinski definition) is 6. The van der Waals surface area contributed by atoms with Gasteiger partial charge in [0.05, 0.1) is 18.2 Å². The number of amides is 3. The molecule has 0 saturated carbocycles. The Labute approximate surface area is 227 Å². The van der Waals surface area contributed by atoms with Crippen molar-refractivity contribution in [2.24, 2.45) is 0 Å². The molecule has 0 radical (unpaired) electrons. The zero-order chi connectivity index (χ0) is 27.4. The van der Waals surface area contributed by atoms with Crippen LogP contribution in [-0.2, 0) is 17.8 Å². The number of likely N-dealkylation sites (tertiary alicyclic amines) is 2. The van der Waals surface area contributed by atoms with E-state index in [0.29, 0.717) is 50.1 Å². The van der Waals surface area contributed by atoms with Crippen LogP contribution < -0.4 is 5.32 Å². The molecule has 2 aromatic rings. The second-order valence-corrected chi connectivity index (χ2v) is 10.7. The van der Waals surface area contributed by atoms with E-state index in [0.717, 1.165) is 43.6 Å². The van der Waals surface area contributed by atoms with Crippen molar-refractivity contribution < 1.29 is 24.2 Å². The molecule has 3 aliphatic rings. The molecule has 3 saturated heterocycles. The Balaban J connectivity index is 1.09. The minimum absolute atomic E-state index is 0.0427. The standard InChI is InChI=1S/C29H33N5O5/c30-17-21-1-3-22(4-2-21)18-32-15-11-29(12-16-32)20-34(28(38)39-29)19-23-5-7-24(8-6-23)26(35)31-25-9-13-33(14-10-25)27(36)37/h1-8,25H,9-16,18-20H2,(H,31,35)(H,36,37). The molecule has 0 aromatic heterocycles. The summed E-state index contributed by atoms with van der Waals surface area (Å²) < 4.78 is 5.89. The second-order valence-electron chi connectivity index (χ2n) is 10.7. The Morgan fingerprint density at radius 1 is 0.974 bits per heavy atom. The molecule has 5 rings (SSSR count). The number of carboxylic acid groups (broad SMARTS) is 1. The van der Waals surface area contributed by atoms with Crippen molar-refractivity contribution in [2.45, 2.75) is 50.4 Å². The highest BCUT2D eigenvalue weighted by Gasteiger charge is 2.46. The third-order valence-corrected chi connectivity index (χ3v) is 7.99. The third kappa shape index (κ3) is 6.32. The fourth-order valence-electron chi connectivity index (χ4n) is 5.60. The third-order valence-electron chi connectivity index (χ3n) is 7.99. The van der Waals surface area contributed by atoms with Gasteiger partial charge in [0.15, 0.2) is 0 Å². The van der Waals surface area contributed by atoms with E-state index in [2.05, 4.69) is 16.3 Å². The highest BCUT2D eigenvalue weighted by Crippen LogP contribution is 2.34. The van der Waals surface area contributed by atoms with Gasteiger partial charge in [-0.3, -0.25) is 14.6 Å². The van der Waals surface area contributed by atoms with Crippen LogP contribution in [0.2, 0.25) is 0 Å². The molecule has 0 bridgehead atoms. The van der Waals surface area contributed by atoms with Crippen molar-refractivity contribution in [1.29, 1.82) is 5.26 Å². The molecule has 204 valence electrons. The van der Waals surface area contributed by atoms with Gasteiger partial charge in [-0.25, -0.2) is 9.59 Å². The maximum Gasteiger partial charge on any atom is 0.410 e. The lowest BCUT2D eigenvalue weighted by atomic mass is 9.91. The quantitative estimate of drug-likeness (QED) is 0.585. The van der Waals surface area contributed by atoms with Crippen molar-refractivity contribution in [3.63, 3.8) is 0 Å². The molecule has 2 aromatic carbocycles. The average molecular weight is 532 g/mol. The SMILES string of the molecule is N#Cc1ccc(CN2CCC3(CC2)CN(Cc2ccc(C(=O)NC4CCN(C(=O)O)CC4)cc2)C(=O)O3)cc1. The lowest BCUT2D eigenvalue weighted by Crippen LogP contribution is -2.46. The molecule has 39 heavy (non-hydrogen) atoms. The normalized spacial score (nSPS) is 19.5. The minimum atomic E-state index is -0.923.